The summed E-state index contributed by atoms with van der Waals surface area (Å²) in [5, 5.41) is 0.937. The summed E-state index contributed by atoms with van der Waals surface area (Å²) in [6.45, 7) is 2.28. The van der Waals surface area contributed by atoms with Gasteiger partial charge in [0.1, 0.15) is 22.9 Å². The van der Waals surface area contributed by atoms with Crippen molar-refractivity contribution >= 4 is 27.8 Å². The van der Waals surface area contributed by atoms with Gasteiger partial charge >= 0.3 is 0 Å². The molecule has 3 heterocycles. The SMILES string of the molecule is CC(c1nc2cnc(C(N)=O)cc2n1C1CC1)C1CCC(c2ccnc3ccc(F)cc23)CC1. The quantitative estimate of drug-likeness (QED) is 0.421. The van der Waals surface area contributed by atoms with Gasteiger partial charge in [0.05, 0.1) is 17.2 Å². The molecule has 0 saturated heterocycles. The van der Waals surface area contributed by atoms with Crippen LogP contribution in [0.1, 0.15) is 85.2 Å². The third-order valence-electron chi connectivity index (χ3n) is 7.83. The molecule has 0 bridgehead atoms. The van der Waals surface area contributed by atoms with Gasteiger partial charge in [-0.2, -0.15) is 0 Å². The summed E-state index contributed by atoms with van der Waals surface area (Å²) in [4.78, 5) is 25.3. The van der Waals surface area contributed by atoms with Crippen LogP contribution >= 0.6 is 0 Å². The Balaban J connectivity index is 1.26. The molecule has 1 unspecified atom stereocenters. The van der Waals surface area contributed by atoms with Gasteiger partial charge in [-0.05, 0) is 86.3 Å². The van der Waals surface area contributed by atoms with Gasteiger partial charge in [0.2, 0.25) is 0 Å². The van der Waals surface area contributed by atoms with E-state index in [0.717, 1.165) is 66.3 Å². The maximum absolute atomic E-state index is 13.9. The van der Waals surface area contributed by atoms with Crippen molar-refractivity contribution in [2.24, 2.45) is 11.7 Å². The van der Waals surface area contributed by atoms with Crippen LogP contribution in [0.5, 0.6) is 0 Å². The van der Waals surface area contributed by atoms with Crippen LogP contribution < -0.4 is 5.73 Å². The predicted octanol–water partition coefficient (Wildman–Crippen LogP) is 5.63. The van der Waals surface area contributed by atoms with Gasteiger partial charge < -0.3 is 10.3 Å². The van der Waals surface area contributed by atoms with E-state index in [0.29, 0.717) is 23.8 Å². The smallest absolute Gasteiger partial charge is 0.267 e. The highest BCUT2D eigenvalue weighted by Crippen LogP contribution is 2.46. The Kier molecular flexibility index (Phi) is 5.08. The van der Waals surface area contributed by atoms with Crippen molar-refractivity contribution < 1.29 is 9.18 Å². The molecule has 1 aromatic carbocycles. The number of benzene rings is 1. The Morgan fingerprint density at radius 1 is 1.06 bits per heavy atom. The first-order valence-electron chi connectivity index (χ1n) is 12.2. The topological polar surface area (TPSA) is 86.7 Å². The lowest BCUT2D eigenvalue weighted by Crippen LogP contribution is -2.21. The third-order valence-corrected chi connectivity index (χ3v) is 7.83. The number of nitrogens with zero attached hydrogens (tertiary/aromatic N) is 4. The van der Waals surface area contributed by atoms with Crippen molar-refractivity contribution in [1.29, 1.82) is 0 Å². The Morgan fingerprint density at radius 2 is 1.85 bits per heavy atom. The van der Waals surface area contributed by atoms with E-state index in [4.69, 9.17) is 10.7 Å². The summed E-state index contributed by atoms with van der Waals surface area (Å²) in [6.07, 6.45) is 10.1. The molecule has 6 rings (SSSR count). The van der Waals surface area contributed by atoms with Gasteiger partial charge in [-0.25, -0.2) is 14.4 Å². The minimum absolute atomic E-state index is 0.211. The molecule has 0 radical (unpaired) electrons. The van der Waals surface area contributed by atoms with Crippen LogP contribution in [0.3, 0.4) is 0 Å². The maximum atomic E-state index is 13.9. The van der Waals surface area contributed by atoms with E-state index in [2.05, 4.69) is 27.5 Å². The molecule has 2 saturated carbocycles. The molecule has 7 heteroatoms. The molecule has 0 aliphatic heterocycles. The summed E-state index contributed by atoms with van der Waals surface area (Å²) in [7, 11) is 0. The molecule has 1 atom stereocenters. The third kappa shape index (κ3) is 3.63. The monoisotopic (exact) mass is 457 g/mol. The number of carbonyl (C=O) groups is 1. The lowest BCUT2D eigenvalue weighted by Gasteiger charge is -2.33. The van der Waals surface area contributed by atoms with E-state index in [1.54, 1.807) is 24.4 Å². The zero-order valence-corrected chi connectivity index (χ0v) is 19.2. The average Bonchev–Trinajstić information content (AvgIpc) is 3.62. The Bertz CT molecular complexity index is 1400. The van der Waals surface area contributed by atoms with Crippen LogP contribution in [0.2, 0.25) is 0 Å². The van der Waals surface area contributed by atoms with Gasteiger partial charge in [-0.3, -0.25) is 9.78 Å². The number of primary amides is 1. The van der Waals surface area contributed by atoms with Crippen molar-refractivity contribution in [2.75, 3.05) is 0 Å². The summed E-state index contributed by atoms with van der Waals surface area (Å²) in [5.41, 5.74) is 9.63. The number of aromatic nitrogens is 4. The number of hydrogen-bond acceptors (Lipinski definition) is 4. The van der Waals surface area contributed by atoms with Crippen LogP contribution in [0, 0.1) is 11.7 Å². The highest BCUT2D eigenvalue weighted by molar-refractivity contribution is 5.94. The Hall–Kier alpha value is -3.35. The first-order valence-corrected chi connectivity index (χ1v) is 12.2. The van der Waals surface area contributed by atoms with Gasteiger partial charge in [0.15, 0.2) is 0 Å². The van der Waals surface area contributed by atoms with Crippen LogP contribution in [0.15, 0.2) is 42.7 Å². The van der Waals surface area contributed by atoms with E-state index < -0.39 is 5.91 Å². The fourth-order valence-electron chi connectivity index (χ4n) is 5.83. The largest absolute Gasteiger partial charge is 0.364 e. The second-order valence-electron chi connectivity index (χ2n) is 9.96. The second-order valence-corrected chi connectivity index (χ2v) is 9.96. The maximum Gasteiger partial charge on any atom is 0.267 e. The molecule has 2 fully saturated rings. The van der Waals surface area contributed by atoms with E-state index in [-0.39, 0.29) is 11.5 Å². The number of carbonyl (C=O) groups excluding carboxylic acids is 1. The van der Waals surface area contributed by atoms with Gasteiger partial charge in [-0.1, -0.05) is 6.92 Å². The molecule has 4 aromatic rings. The number of rotatable bonds is 5. The first-order chi connectivity index (χ1) is 16.5. The Morgan fingerprint density at radius 3 is 2.59 bits per heavy atom. The molecular weight excluding hydrogens is 429 g/mol. The highest BCUT2D eigenvalue weighted by Gasteiger charge is 2.34. The number of nitrogens with two attached hydrogens (primary N) is 1. The second kappa shape index (κ2) is 8.15. The molecule has 2 N–H and O–H groups in total. The number of pyridine rings is 2. The zero-order chi connectivity index (χ0) is 23.4. The molecule has 6 nitrogen and oxygen atoms in total. The van der Waals surface area contributed by atoms with Crippen molar-refractivity contribution in [3.05, 3.63) is 65.6 Å². The fourth-order valence-corrected chi connectivity index (χ4v) is 5.83. The number of fused-ring (bicyclic) bond motifs is 2. The van der Waals surface area contributed by atoms with Crippen LogP contribution in [-0.4, -0.2) is 25.4 Å². The average molecular weight is 458 g/mol. The lowest BCUT2D eigenvalue weighted by molar-refractivity contribution is 0.0995. The van der Waals surface area contributed by atoms with E-state index in [1.807, 2.05) is 6.20 Å². The number of halogens is 1. The predicted molar refractivity (Wildman–Crippen MR) is 129 cm³/mol. The molecule has 1 amide bonds. The fraction of sp³-hybridized carbons (Fsp3) is 0.407. The van der Waals surface area contributed by atoms with E-state index in [1.165, 1.54) is 11.6 Å². The van der Waals surface area contributed by atoms with Crippen molar-refractivity contribution in [3.8, 4) is 0 Å². The summed E-state index contributed by atoms with van der Waals surface area (Å²) in [6, 6.07) is 9.17. The summed E-state index contributed by atoms with van der Waals surface area (Å²) >= 11 is 0. The van der Waals surface area contributed by atoms with E-state index >= 15 is 0 Å². The lowest BCUT2D eigenvalue weighted by atomic mass is 9.73. The van der Waals surface area contributed by atoms with Gasteiger partial charge in [-0.15, -0.1) is 0 Å². The normalized spacial score (nSPS) is 21.7. The molecular formula is C27H28FN5O. The van der Waals surface area contributed by atoms with Crippen LogP contribution in [-0.2, 0) is 0 Å². The van der Waals surface area contributed by atoms with E-state index in [9.17, 15) is 9.18 Å². The van der Waals surface area contributed by atoms with Crippen LogP contribution in [0.4, 0.5) is 4.39 Å². The number of amides is 1. The minimum Gasteiger partial charge on any atom is -0.364 e. The molecule has 174 valence electrons. The van der Waals surface area contributed by atoms with Gasteiger partial charge in [0.25, 0.3) is 5.91 Å². The molecule has 3 aromatic heterocycles. The number of hydrogen-bond donors (Lipinski definition) is 1. The first kappa shape index (κ1) is 21.2. The molecule has 0 spiro atoms. The van der Waals surface area contributed by atoms with Crippen molar-refractivity contribution in [1.82, 2.24) is 19.5 Å². The Labute approximate surface area is 197 Å². The van der Waals surface area contributed by atoms with Gasteiger partial charge in [0, 0.05) is 23.5 Å². The molecule has 2 aliphatic carbocycles. The highest BCUT2D eigenvalue weighted by atomic mass is 19.1. The number of imidazole rings is 1. The molecule has 34 heavy (non-hydrogen) atoms. The summed E-state index contributed by atoms with van der Waals surface area (Å²) in [5.74, 6) is 1.62. The molecule has 2 aliphatic rings. The van der Waals surface area contributed by atoms with Crippen LogP contribution in [0.25, 0.3) is 21.9 Å². The minimum atomic E-state index is -0.512. The van der Waals surface area contributed by atoms with Crippen molar-refractivity contribution in [2.45, 2.75) is 63.3 Å². The summed E-state index contributed by atoms with van der Waals surface area (Å²) < 4.78 is 16.3. The standard InChI is InChI=1S/C27H28FN5O/c1-15(27-32-24-14-31-23(26(29)34)13-25(24)33(27)19-7-8-19)16-2-4-17(5-3-16)20-10-11-30-22-9-6-18(28)12-21(20)22/h6,9-17,19H,2-5,7-8H2,1H3,(H2,29,34). The van der Waals surface area contributed by atoms with Crippen molar-refractivity contribution in [3.63, 3.8) is 0 Å². The zero-order valence-electron chi connectivity index (χ0n) is 19.2.